The van der Waals surface area contributed by atoms with E-state index in [0.29, 0.717) is 39.1 Å². The van der Waals surface area contributed by atoms with Gasteiger partial charge in [0, 0.05) is 20.1 Å². The van der Waals surface area contributed by atoms with E-state index in [1.165, 1.54) is 4.57 Å². The summed E-state index contributed by atoms with van der Waals surface area (Å²) in [4.78, 5) is 30.5. The maximum absolute atomic E-state index is 13.1. The van der Waals surface area contributed by atoms with Crippen LogP contribution in [0.2, 0.25) is 10.0 Å². The maximum atomic E-state index is 13.1. The van der Waals surface area contributed by atoms with Crippen LogP contribution in [0.5, 0.6) is 0 Å². The molecule has 0 spiro atoms. The summed E-state index contributed by atoms with van der Waals surface area (Å²) >= 11 is 12.0. The first kappa shape index (κ1) is 20.0. The van der Waals surface area contributed by atoms with Crippen LogP contribution in [0.15, 0.2) is 27.8 Å². The minimum atomic E-state index is -0.463. The number of aromatic nitrogens is 4. The molecular weight excluding hydrogens is 417 g/mol. The molecule has 1 aromatic carbocycles. The summed E-state index contributed by atoms with van der Waals surface area (Å²) in [6.07, 6.45) is 1.86. The van der Waals surface area contributed by atoms with Gasteiger partial charge in [-0.25, -0.2) is 4.79 Å². The predicted octanol–water partition coefficient (Wildman–Crippen LogP) is 2.11. The summed E-state index contributed by atoms with van der Waals surface area (Å²) in [7, 11) is 3.32. The Bertz CT molecular complexity index is 1210. The van der Waals surface area contributed by atoms with Crippen LogP contribution < -0.4 is 16.6 Å². The minimum Gasteiger partial charge on any atom is -0.393 e. The van der Waals surface area contributed by atoms with Gasteiger partial charge < -0.3 is 15.0 Å². The number of fused-ring (bicyclic) bond motifs is 1. The van der Waals surface area contributed by atoms with Gasteiger partial charge in [0.1, 0.15) is 0 Å². The van der Waals surface area contributed by atoms with Crippen LogP contribution in [0.25, 0.3) is 11.2 Å². The molecule has 2 atom stereocenters. The van der Waals surface area contributed by atoms with E-state index in [-0.39, 0.29) is 18.7 Å². The molecule has 2 N–H and O–H groups in total. The minimum absolute atomic E-state index is 0.0705. The van der Waals surface area contributed by atoms with E-state index in [9.17, 15) is 14.7 Å². The summed E-state index contributed by atoms with van der Waals surface area (Å²) in [5.74, 6) is 0.499. The Morgan fingerprint density at radius 1 is 1.17 bits per heavy atom. The smallest absolute Gasteiger partial charge is 0.332 e. The number of nitrogens with zero attached hydrogens (tertiary/aromatic N) is 4. The summed E-state index contributed by atoms with van der Waals surface area (Å²) in [6.45, 7) is 0.0705. The molecule has 10 heteroatoms. The van der Waals surface area contributed by atoms with Crippen LogP contribution in [-0.4, -0.2) is 35.9 Å². The molecule has 3 aromatic rings. The second-order valence-electron chi connectivity index (χ2n) is 7.46. The third-order valence-corrected chi connectivity index (χ3v) is 6.16. The Morgan fingerprint density at radius 2 is 1.93 bits per heavy atom. The summed E-state index contributed by atoms with van der Waals surface area (Å²) in [5.41, 5.74) is 0.443. The van der Waals surface area contributed by atoms with E-state index < -0.39 is 11.2 Å². The number of aryl methyl sites for hydroxylation is 2. The van der Waals surface area contributed by atoms with Gasteiger partial charge in [-0.3, -0.25) is 13.9 Å². The normalized spacial score (nSPS) is 19.2. The summed E-state index contributed by atoms with van der Waals surface area (Å²) < 4.78 is 4.18. The molecule has 0 aliphatic heterocycles. The maximum Gasteiger partial charge on any atom is 0.332 e. The van der Waals surface area contributed by atoms with Crippen LogP contribution in [0.4, 0.5) is 5.95 Å². The molecule has 0 amide bonds. The van der Waals surface area contributed by atoms with Crippen molar-refractivity contribution in [3.8, 4) is 0 Å². The molecule has 4 rings (SSSR count). The average Bonchev–Trinajstić information content (AvgIpc) is 3.23. The molecule has 8 nitrogen and oxygen atoms in total. The number of aliphatic hydroxyl groups is 1. The van der Waals surface area contributed by atoms with Crippen LogP contribution in [0.1, 0.15) is 24.8 Å². The number of anilines is 1. The second kappa shape index (κ2) is 7.51. The van der Waals surface area contributed by atoms with E-state index in [0.717, 1.165) is 17.4 Å². The molecule has 1 aliphatic rings. The lowest BCUT2D eigenvalue weighted by atomic mass is 10.2. The fourth-order valence-corrected chi connectivity index (χ4v) is 4.12. The van der Waals surface area contributed by atoms with Crippen molar-refractivity contribution in [2.45, 2.75) is 38.0 Å². The number of nitrogens with one attached hydrogen (secondary N) is 1. The number of hydrogen-bond acceptors (Lipinski definition) is 5. The lowest BCUT2D eigenvalue weighted by Gasteiger charge is -2.12. The van der Waals surface area contributed by atoms with Crippen molar-refractivity contribution in [3.63, 3.8) is 0 Å². The predicted molar refractivity (Wildman–Crippen MR) is 113 cm³/mol. The summed E-state index contributed by atoms with van der Waals surface area (Å²) in [5, 5.41) is 13.8. The summed E-state index contributed by atoms with van der Waals surface area (Å²) in [6, 6.07) is 5.08. The Morgan fingerprint density at radius 3 is 2.59 bits per heavy atom. The Balaban J connectivity index is 1.78. The topological polar surface area (TPSA) is 94.1 Å². The van der Waals surface area contributed by atoms with Gasteiger partial charge in [-0.15, -0.1) is 0 Å². The number of benzene rings is 1. The molecule has 0 bridgehead atoms. The van der Waals surface area contributed by atoms with E-state index >= 15 is 0 Å². The van der Waals surface area contributed by atoms with Gasteiger partial charge in [-0.2, -0.15) is 4.98 Å². The van der Waals surface area contributed by atoms with E-state index in [1.54, 1.807) is 36.9 Å². The number of halogens is 2. The lowest BCUT2D eigenvalue weighted by molar-refractivity contribution is 0.182. The van der Waals surface area contributed by atoms with Gasteiger partial charge in [0.15, 0.2) is 11.2 Å². The van der Waals surface area contributed by atoms with Gasteiger partial charge in [0.2, 0.25) is 5.95 Å². The second-order valence-corrected chi connectivity index (χ2v) is 8.27. The molecule has 154 valence electrons. The number of hydrogen-bond donors (Lipinski definition) is 2. The van der Waals surface area contributed by atoms with Crippen LogP contribution >= 0.6 is 23.2 Å². The number of imidazole rings is 1. The Labute approximate surface area is 176 Å². The first-order valence-electron chi connectivity index (χ1n) is 9.31. The van der Waals surface area contributed by atoms with Gasteiger partial charge in [-0.1, -0.05) is 29.3 Å². The largest absolute Gasteiger partial charge is 0.393 e. The highest BCUT2D eigenvalue weighted by atomic mass is 35.5. The molecule has 1 unspecified atom stereocenters. The quantitative estimate of drug-likeness (QED) is 0.651. The zero-order valence-electron chi connectivity index (χ0n) is 16.0. The molecular formula is C19H21Cl2N5O3. The number of aliphatic hydroxyl groups excluding tert-OH is 1. The molecule has 2 aromatic heterocycles. The van der Waals surface area contributed by atoms with Crippen LogP contribution in [0.3, 0.4) is 0 Å². The zero-order chi connectivity index (χ0) is 20.9. The van der Waals surface area contributed by atoms with Crippen molar-refractivity contribution in [1.29, 1.82) is 0 Å². The molecule has 1 aliphatic carbocycles. The molecule has 0 radical (unpaired) electrons. The molecule has 29 heavy (non-hydrogen) atoms. The van der Waals surface area contributed by atoms with Crippen molar-refractivity contribution < 1.29 is 5.11 Å². The number of rotatable bonds is 4. The molecule has 2 heterocycles. The highest BCUT2D eigenvalue weighted by Crippen LogP contribution is 2.24. The Hall–Kier alpha value is -2.29. The molecule has 1 saturated carbocycles. The van der Waals surface area contributed by atoms with Crippen LogP contribution in [-0.2, 0) is 20.6 Å². The highest BCUT2D eigenvalue weighted by Gasteiger charge is 2.25. The third kappa shape index (κ3) is 3.56. The fourth-order valence-electron chi connectivity index (χ4n) is 3.80. The van der Waals surface area contributed by atoms with Crippen molar-refractivity contribution >= 4 is 40.3 Å². The van der Waals surface area contributed by atoms with Crippen molar-refractivity contribution in [2.24, 2.45) is 14.1 Å². The third-order valence-electron chi connectivity index (χ3n) is 5.42. The van der Waals surface area contributed by atoms with E-state index in [4.69, 9.17) is 23.2 Å². The first-order valence-corrected chi connectivity index (χ1v) is 10.1. The van der Waals surface area contributed by atoms with Crippen molar-refractivity contribution in [2.75, 3.05) is 5.32 Å². The standard InChI is InChI=1S/C19H21Cl2N5O3/c1-24-15-16(23-18(24)22-11-4-5-12(27)8-11)25(2)19(29)26(17(15)28)9-10-3-6-13(20)14(21)7-10/h3,6-7,11-12,27H,4-5,8-9H2,1-2H3,(H,22,23)/t11?,12-/m1/s1. The SMILES string of the molecule is Cn1c(NC2CC[C@@H](O)C2)nc2c1c(=O)n(Cc1ccc(Cl)c(Cl)c1)c(=O)n2C. The average molecular weight is 438 g/mol. The van der Waals surface area contributed by atoms with Crippen LogP contribution in [0, 0.1) is 0 Å². The monoisotopic (exact) mass is 437 g/mol. The van der Waals surface area contributed by atoms with Gasteiger partial charge in [0.25, 0.3) is 5.56 Å². The van der Waals surface area contributed by atoms with E-state index in [1.807, 2.05) is 0 Å². The van der Waals surface area contributed by atoms with E-state index in [2.05, 4.69) is 10.3 Å². The molecule has 1 fully saturated rings. The lowest BCUT2D eigenvalue weighted by Crippen LogP contribution is -2.39. The molecule has 0 saturated heterocycles. The fraction of sp³-hybridized carbons (Fsp3) is 0.421. The van der Waals surface area contributed by atoms with Gasteiger partial charge in [-0.05, 0) is 37.0 Å². The van der Waals surface area contributed by atoms with Gasteiger partial charge >= 0.3 is 5.69 Å². The first-order chi connectivity index (χ1) is 13.8. The zero-order valence-corrected chi connectivity index (χ0v) is 17.5. The van der Waals surface area contributed by atoms with Crippen molar-refractivity contribution in [1.82, 2.24) is 18.7 Å². The highest BCUT2D eigenvalue weighted by molar-refractivity contribution is 6.42. The van der Waals surface area contributed by atoms with Gasteiger partial charge in [0.05, 0.1) is 22.7 Å². The Kier molecular flexibility index (Phi) is 5.18. The van der Waals surface area contributed by atoms with Crippen molar-refractivity contribution in [3.05, 3.63) is 54.6 Å².